The summed E-state index contributed by atoms with van der Waals surface area (Å²) in [5, 5.41) is 7.56. The van der Waals surface area contributed by atoms with E-state index in [9.17, 15) is 19.2 Å². The average Bonchev–Trinajstić information content (AvgIpc) is 3.12. The normalized spacial score (nSPS) is 27.3. The molecule has 1 aromatic rings. The van der Waals surface area contributed by atoms with Crippen LogP contribution in [0.3, 0.4) is 0 Å². The van der Waals surface area contributed by atoms with Crippen molar-refractivity contribution in [3.05, 3.63) is 29.3 Å². The molecule has 2 bridgehead atoms. The highest BCUT2D eigenvalue weighted by atomic mass is 16.2. The fraction of sp³-hybridized carbons (Fsp3) is 0.444. The third-order valence-electron chi connectivity index (χ3n) is 5.70. The maximum atomic E-state index is 12.9. The summed E-state index contributed by atoms with van der Waals surface area (Å²) in [6.07, 6.45) is 2.36. The van der Waals surface area contributed by atoms with Crippen LogP contribution in [0.15, 0.2) is 18.2 Å². The number of rotatable bonds is 2. The van der Waals surface area contributed by atoms with Crippen LogP contribution in [0, 0.1) is 0 Å². The Kier molecular flexibility index (Phi) is 3.48. The maximum absolute atomic E-state index is 12.9. The topological polar surface area (TPSA) is 102 Å². The van der Waals surface area contributed by atoms with Crippen LogP contribution in [-0.2, 0) is 4.79 Å². The number of nitrogens with one attached hydrogen (secondary N) is 2. The molecule has 3 saturated heterocycles. The first-order valence-electron chi connectivity index (χ1n) is 9.16. The number of carbonyl (C=O) groups is 4. The van der Waals surface area contributed by atoms with E-state index in [-0.39, 0.29) is 18.5 Å². The summed E-state index contributed by atoms with van der Waals surface area (Å²) >= 11 is 0. The smallest absolute Gasteiger partial charge is 0.343 e. The molecule has 2 N–H and O–H groups in total. The monoisotopic (exact) mass is 369 g/mol. The summed E-state index contributed by atoms with van der Waals surface area (Å²) in [5.74, 6) is -1.48. The van der Waals surface area contributed by atoms with Crippen LogP contribution >= 0.6 is 0 Å². The minimum atomic E-state index is -0.750. The number of hydrogen-bond donors (Lipinski definition) is 2. The van der Waals surface area contributed by atoms with E-state index >= 15 is 0 Å². The maximum Gasteiger partial charge on any atom is 0.343 e. The van der Waals surface area contributed by atoms with Gasteiger partial charge >= 0.3 is 6.03 Å². The molecule has 4 aliphatic heterocycles. The molecule has 2 atom stereocenters. The van der Waals surface area contributed by atoms with E-state index in [1.165, 1.54) is 0 Å². The Morgan fingerprint density at radius 3 is 2.33 bits per heavy atom. The molecule has 4 aliphatic rings. The Morgan fingerprint density at radius 2 is 1.63 bits per heavy atom. The summed E-state index contributed by atoms with van der Waals surface area (Å²) in [7, 11) is 0. The fourth-order valence-electron chi connectivity index (χ4n) is 4.39. The molecule has 140 valence electrons. The van der Waals surface area contributed by atoms with Gasteiger partial charge in [0, 0.05) is 37.3 Å². The fourth-order valence-corrected chi connectivity index (χ4v) is 4.39. The highest BCUT2D eigenvalue weighted by molar-refractivity contribution is 6.22. The van der Waals surface area contributed by atoms with Crippen LogP contribution < -0.4 is 15.5 Å². The first kappa shape index (κ1) is 16.2. The van der Waals surface area contributed by atoms with Gasteiger partial charge in [0.25, 0.3) is 11.8 Å². The molecule has 0 radical (unpaired) electrons. The predicted octanol–water partition coefficient (Wildman–Crippen LogP) is 0.0801. The lowest BCUT2D eigenvalue weighted by molar-refractivity contribution is -0.122. The number of hydrogen-bond acceptors (Lipinski definition) is 6. The van der Waals surface area contributed by atoms with Crippen LogP contribution in [0.2, 0.25) is 0 Å². The summed E-state index contributed by atoms with van der Waals surface area (Å²) in [4.78, 5) is 51.2. The highest BCUT2D eigenvalue weighted by Crippen LogP contribution is 2.31. The van der Waals surface area contributed by atoms with E-state index in [1.807, 2.05) is 6.07 Å². The Balaban J connectivity index is 1.43. The Hall–Kier alpha value is -2.94. The molecule has 4 heterocycles. The van der Waals surface area contributed by atoms with Gasteiger partial charge in [-0.1, -0.05) is 0 Å². The molecule has 9 heteroatoms. The van der Waals surface area contributed by atoms with Gasteiger partial charge in [-0.05, 0) is 31.0 Å². The minimum Gasteiger partial charge on any atom is -0.368 e. The highest BCUT2D eigenvalue weighted by Gasteiger charge is 2.43. The average molecular weight is 369 g/mol. The van der Waals surface area contributed by atoms with Gasteiger partial charge in [0.2, 0.25) is 5.91 Å². The molecule has 2 unspecified atom stereocenters. The van der Waals surface area contributed by atoms with Gasteiger partial charge in [-0.25, -0.2) is 9.80 Å². The van der Waals surface area contributed by atoms with Gasteiger partial charge in [0.1, 0.15) is 0 Å². The minimum absolute atomic E-state index is 0.00411. The Morgan fingerprint density at radius 1 is 0.926 bits per heavy atom. The number of urea groups is 1. The summed E-state index contributed by atoms with van der Waals surface area (Å²) < 4.78 is 0. The number of piperazine rings is 1. The molecule has 5 rings (SSSR count). The number of benzene rings is 1. The van der Waals surface area contributed by atoms with Crippen LogP contribution in [0.5, 0.6) is 0 Å². The summed E-state index contributed by atoms with van der Waals surface area (Å²) in [5.41, 5.74) is 1.49. The number of amides is 5. The van der Waals surface area contributed by atoms with Crippen molar-refractivity contribution in [3.63, 3.8) is 0 Å². The van der Waals surface area contributed by atoms with Gasteiger partial charge in [-0.15, -0.1) is 0 Å². The number of carbonyl (C=O) groups excluding carboxylic acids is 4. The zero-order valence-electron chi connectivity index (χ0n) is 14.6. The number of anilines is 1. The first-order valence-corrected chi connectivity index (χ1v) is 9.16. The van der Waals surface area contributed by atoms with Gasteiger partial charge in [0.05, 0.1) is 17.7 Å². The SMILES string of the molecule is O=C1CCN(N2C(=O)c3ccc(N4CC5CCC(C4)N5)cc3C2=O)C(=O)N1. The Labute approximate surface area is 155 Å². The molecular formula is C18H19N5O4. The quantitative estimate of drug-likeness (QED) is 0.716. The van der Waals surface area contributed by atoms with Crippen LogP contribution in [-0.4, -0.2) is 65.5 Å². The van der Waals surface area contributed by atoms with Crippen LogP contribution in [0.1, 0.15) is 40.0 Å². The number of fused-ring (bicyclic) bond motifs is 3. The van der Waals surface area contributed by atoms with Crippen LogP contribution in [0.4, 0.5) is 10.5 Å². The van der Waals surface area contributed by atoms with Gasteiger partial charge < -0.3 is 10.2 Å². The van der Waals surface area contributed by atoms with E-state index in [0.717, 1.165) is 41.6 Å². The molecule has 0 saturated carbocycles. The number of hydrazine groups is 1. The molecule has 27 heavy (non-hydrogen) atoms. The first-order chi connectivity index (χ1) is 13.0. The molecule has 3 fully saturated rings. The van der Waals surface area contributed by atoms with Crippen molar-refractivity contribution >= 4 is 29.4 Å². The zero-order chi connectivity index (χ0) is 18.7. The van der Waals surface area contributed by atoms with Gasteiger partial charge in [-0.3, -0.25) is 19.7 Å². The van der Waals surface area contributed by atoms with E-state index in [4.69, 9.17) is 0 Å². The second-order valence-corrected chi connectivity index (χ2v) is 7.42. The molecule has 0 aliphatic carbocycles. The predicted molar refractivity (Wildman–Crippen MR) is 94.0 cm³/mol. The van der Waals surface area contributed by atoms with E-state index in [2.05, 4.69) is 15.5 Å². The van der Waals surface area contributed by atoms with Crippen LogP contribution in [0.25, 0.3) is 0 Å². The van der Waals surface area contributed by atoms with Crippen molar-refractivity contribution in [2.75, 3.05) is 24.5 Å². The van der Waals surface area contributed by atoms with Gasteiger partial charge in [-0.2, -0.15) is 5.01 Å². The van der Waals surface area contributed by atoms with Gasteiger partial charge in [0.15, 0.2) is 0 Å². The standard InChI is InChI=1S/C18H19N5O4/c24-15-5-6-22(18(27)20-15)23-16(25)13-4-3-12(7-14(13)17(23)26)21-8-10-1-2-11(9-21)19-10/h3-4,7,10-11,19H,1-2,5-6,8-9H2,(H,20,24,27). The number of imide groups is 2. The number of nitrogens with zero attached hydrogens (tertiary/aromatic N) is 3. The molecule has 0 spiro atoms. The largest absolute Gasteiger partial charge is 0.368 e. The third kappa shape index (κ3) is 2.49. The lowest BCUT2D eigenvalue weighted by Crippen LogP contribution is -2.58. The molecule has 5 amide bonds. The molecular weight excluding hydrogens is 350 g/mol. The third-order valence-corrected chi connectivity index (χ3v) is 5.70. The Bertz CT molecular complexity index is 873. The lowest BCUT2D eigenvalue weighted by atomic mass is 10.1. The summed E-state index contributed by atoms with van der Waals surface area (Å²) in [6, 6.07) is 5.42. The summed E-state index contributed by atoms with van der Waals surface area (Å²) in [6.45, 7) is 1.75. The van der Waals surface area contributed by atoms with E-state index in [1.54, 1.807) is 12.1 Å². The van der Waals surface area contributed by atoms with Crippen molar-refractivity contribution < 1.29 is 19.2 Å². The molecule has 1 aromatic carbocycles. The van der Waals surface area contributed by atoms with Crippen molar-refractivity contribution in [1.29, 1.82) is 0 Å². The van der Waals surface area contributed by atoms with Crippen molar-refractivity contribution in [2.24, 2.45) is 0 Å². The van der Waals surface area contributed by atoms with E-state index < -0.39 is 23.8 Å². The second kappa shape index (κ2) is 5.78. The zero-order valence-corrected chi connectivity index (χ0v) is 14.6. The van der Waals surface area contributed by atoms with Crippen molar-refractivity contribution in [1.82, 2.24) is 20.7 Å². The van der Waals surface area contributed by atoms with E-state index in [0.29, 0.717) is 17.6 Å². The second-order valence-electron chi connectivity index (χ2n) is 7.42. The molecule has 9 nitrogen and oxygen atoms in total. The molecule has 0 aromatic heterocycles. The van der Waals surface area contributed by atoms with Crippen molar-refractivity contribution in [2.45, 2.75) is 31.3 Å². The lowest BCUT2D eigenvalue weighted by Gasteiger charge is -2.34. The van der Waals surface area contributed by atoms with Crippen molar-refractivity contribution in [3.8, 4) is 0 Å².